The second kappa shape index (κ2) is 8.20. The van der Waals surface area contributed by atoms with Crippen LogP contribution in [0.5, 0.6) is 0 Å². The molecule has 4 nitrogen and oxygen atoms in total. The highest BCUT2D eigenvalue weighted by molar-refractivity contribution is 7.09. The van der Waals surface area contributed by atoms with Gasteiger partial charge in [-0.15, -0.1) is 11.3 Å². The van der Waals surface area contributed by atoms with Gasteiger partial charge in [0, 0.05) is 30.2 Å². The summed E-state index contributed by atoms with van der Waals surface area (Å²) in [6, 6.07) is 10.7. The van der Waals surface area contributed by atoms with E-state index in [1.807, 2.05) is 17.5 Å². The Morgan fingerprint density at radius 2 is 2.21 bits per heavy atom. The van der Waals surface area contributed by atoms with Crippen molar-refractivity contribution in [1.29, 1.82) is 0 Å². The van der Waals surface area contributed by atoms with E-state index < -0.39 is 0 Å². The summed E-state index contributed by atoms with van der Waals surface area (Å²) in [4.78, 5) is 15.4. The number of nitrogens with zero attached hydrogens (tertiary/aromatic N) is 1. The number of rotatable bonds is 6. The maximum Gasteiger partial charge on any atom is 0.315 e. The number of urea groups is 1. The molecule has 1 aliphatic heterocycles. The van der Waals surface area contributed by atoms with Crippen molar-refractivity contribution in [3.8, 4) is 0 Å². The van der Waals surface area contributed by atoms with E-state index in [9.17, 15) is 4.79 Å². The predicted molar refractivity (Wildman–Crippen MR) is 101 cm³/mol. The highest BCUT2D eigenvalue weighted by Gasteiger charge is 2.15. The van der Waals surface area contributed by atoms with E-state index in [0.717, 1.165) is 25.9 Å². The summed E-state index contributed by atoms with van der Waals surface area (Å²) in [6.45, 7) is 5.69. The molecule has 128 valence electrons. The van der Waals surface area contributed by atoms with Gasteiger partial charge in [-0.1, -0.05) is 18.2 Å². The molecule has 1 aromatic heterocycles. The first-order valence-electron chi connectivity index (χ1n) is 8.67. The normalized spacial score (nSPS) is 13.5. The number of aryl methyl sites for hydroxylation is 1. The van der Waals surface area contributed by atoms with Gasteiger partial charge in [0.05, 0.1) is 6.54 Å². The van der Waals surface area contributed by atoms with Gasteiger partial charge >= 0.3 is 6.03 Å². The molecule has 2 aromatic rings. The van der Waals surface area contributed by atoms with Crippen LogP contribution in [0.1, 0.15) is 29.3 Å². The van der Waals surface area contributed by atoms with E-state index in [2.05, 4.69) is 40.7 Å². The number of benzene rings is 1. The largest absolute Gasteiger partial charge is 0.372 e. The molecule has 1 aliphatic rings. The quantitative estimate of drug-likeness (QED) is 0.842. The Bertz CT molecular complexity index is 669. The Balaban J connectivity index is 1.46. The summed E-state index contributed by atoms with van der Waals surface area (Å²) >= 11 is 1.65. The lowest BCUT2D eigenvalue weighted by Gasteiger charge is -2.30. The maximum absolute atomic E-state index is 11.8. The van der Waals surface area contributed by atoms with Gasteiger partial charge in [-0.25, -0.2) is 4.79 Å². The number of anilines is 1. The SMILES string of the molecule is CCN1CCCc2cc(CCNC(=O)NCc3cccs3)ccc21. The van der Waals surface area contributed by atoms with Crippen LogP contribution in [0.15, 0.2) is 35.7 Å². The number of carbonyl (C=O) groups is 1. The molecule has 3 rings (SSSR count). The average Bonchev–Trinajstić information content (AvgIpc) is 3.13. The first-order valence-corrected chi connectivity index (χ1v) is 9.55. The molecule has 2 N–H and O–H groups in total. The molecule has 0 unspecified atom stereocenters. The molecule has 0 fully saturated rings. The zero-order valence-corrected chi connectivity index (χ0v) is 15.0. The van der Waals surface area contributed by atoms with E-state index in [4.69, 9.17) is 0 Å². The number of hydrogen-bond acceptors (Lipinski definition) is 3. The fraction of sp³-hybridized carbons (Fsp3) is 0.421. The van der Waals surface area contributed by atoms with Gasteiger partial charge in [0.15, 0.2) is 0 Å². The van der Waals surface area contributed by atoms with Crippen LogP contribution in [0.4, 0.5) is 10.5 Å². The second-order valence-electron chi connectivity index (χ2n) is 6.09. The lowest BCUT2D eigenvalue weighted by molar-refractivity contribution is 0.240. The van der Waals surface area contributed by atoms with Gasteiger partial charge < -0.3 is 15.5 Å². The lowest BCUT2D eigenvalue weighted by atomic mass is 9.98. The van der Waals surface area contributed by atoms with E-state index in [1.54, 1.807) is 11.3 Å². The molecule has 1 aromatic carbocycles. The van der Waals surface area contributed by atoms with E-state index in [-0.39, 0.29) is 6.03 Å². The van der Waals surface area contributed by atoms with Crippen molar-refractivity contribution in [3.63, 3.8) is 0 Å². The summed E-state index contributed by atoms with van der Waals surface area (Å²) in [6.07, 6.45) is 3.26. The number of carbonyl (C=O) groups excluding carboxylic acids is 1. The molecule has 0 bridgehead atoms. The second-order valence-corrected chi connectivity index (χ2v) is 7.12. The number of fused-ring (bicyclic) bond motifs is 1. The summed E-state index contributed by atoms with van der Waals surface area (Å²) in [5.41, 5.74) is 4.13. The van der Waals surface area contributed by atoms with Gasteiger partial charge in [-0.2, -0.15) is 0 Å². The zero-order valence-electron chi connectivity index (χ0n) is 14.2. The molecule has 0 radical (unpaired) electrons. The van der Waals surface area contributed by atoms with Crippen LogP contribution in [-0.4, -0.2) is 25.7 Å². The Morgan fingerprint density at radius 1 is 1.29 bits per heavy atom. The summed E-state index contributed by atoms with van der Waals surface area (Å²) in [5, 5.41) is 7.84. The van der Waals surface area contributed by atoms with Crippen molar-refractivity contribution in [2.24, 2.45) is 0 Å². The minimum atomic E-state index is -0.0986. The maximum atomic E-state index is 11.8. The standard InChI is InChI=1S/C19H25N3OS/c1-2-22-11-3-5-16-13-15(7-8-18(16)22)9-10-20-19(23)21-14-17-6-4-12-24-17/h4,6-8,12-13H,2-3,5,9-11,14H2,1H3,(H2,20,21,23). The van der Waals surface area contributed by atoms with Gasteiger partial charge in [0.2, 0.25) is 0 Å². The van der Waals surface area contributed by atoms with E-state index >= 15 is 0 Å². The number of amides is 2. The summed E-state index contributed by atoms with van der Waals surface area (Å²) < 4.78 is 0. The lowest BCUT2D eigenvalue weighted by Crippen LogP contribution is -2.36. The molecule has 24 heavy (non-hydrogen) atoms. The van der Waals surface area contributed by atoms with Crippen molar-refractivity contribution in [2.75, 3.05) is 24.5 Å². The molecule has 0 saturated heterocycles. The third-order valence-electron chi connectivity index (χ3n) is 4.44. The topological polar surface area (TPSA) is 44.4 Å². The van der Waals surface area contributed by atoms with Crippen LogP contribution in [-0.2, 0) is 19.4 Å². The third-order valence-corrected chi connectivity index (χ3v) is 5.32. The van der Waals surface area contributed by atoms with Gasteiger partial charge in [-0.3, -0.25) is 0 Å². The summed E-state index contributed by atoms with van der Waals surface area (Å²) in [5.74, 6) is 0. The van der Waals surface area contributed by atoms with Crippen molar-refractivity contribution in [3.05, 3.63) is 51.7 Å². The number of thiophene rings is 1. The molecule has 0 aliphatic carbocycles. The fourth-order valence-electron chi connectivity index (χ4n) is 3.18. The van der Waals surface area contributed by atoms with Crippen molar-refractivity contribution in [1.82, 2.24) is 10.6 Å². The molecule has 2 amide bonds. The molecule has 0 saturated carbocycles. The molecule has 0 atom stereocenters. The van der Waals surface area contributed by atoms with Crippen LogP contribution >= 0.6 is 11.3 Å². The smallest absolute Gasteiger partial charge is 0.315 e. The van der Waals surface area contributed by atoms with Crippen LogP contribution < -0.4 is 15.5 Å². The fourth-order valence-corrected chi connectivity index (χ4v) is 3.82. The van der Waals surface area contributed by atoms with Crippen molar-refractivity contribution < 1.29 is 4.79 Å². The van der Waals surface area contributed by atoms with Gasteiger partial charge in [0.25, 0.3) is 0 Å². The molecule has 0 spiro atoms. The van der Waals surface area contributed by atoms with Crippen LogP contribution in [0.25, 0.3) is 0 Å². The first kappa shape index (κ1) is 16.8. The zero-order chi connectivity index (χ0) is 16.8. The van der Waals surface area contributed by atoms with Crippen LogP contribution in [0.2, 0.25) is 0 Å². The molecular formula is C19H25N3OS. The van der Waals surface area contributed by atoms with Gasteiger partial charge in [0.1, 0.15) is 0 Å². The van der Waals surface area contributed by atoms with E-state index in [1.165, 1.54) is 28.1 Å². The minimum absolute atomic E-state index is 0.0986. The number of nitrogens with one attached hydrogen (secondary N) is 2. The number of hydrogen-bond donors (Lipinski definition) is 2. The Kier molecular flexibility index (Phi) is 5.75. The third kappa shape index (κ3) is 4.29. The van der Waals surface area contributed by atoms with Crippen LogP contribution in [0.3, 0.4) is 0 Å². The molecule has 2 heterocycles. The summed E-state index contributed by atoms with van der Waals surface area (Å²) in [7, 11) is 0. The molecule has 5 heteroatoms. The van der Waals surface area contributed by atoms with Crippen molar-refractivity contribution >= 4 is 23.1 Å². The highest BCUT2D eigenvalue weighted by atomic mass is 32.1. The van der Waals surface area contributed by atoms with Crippen molar-refractivity contribution in [2.45, 2.75) is 32.7 Å². The predicted octanol–water partition coefficient (Wildman–Crippen LogP) is 3.56. The molecular weight excluding hydrogens is 318 g/mol. The Hall–Kier alpha value is -2.01. The first-order chi connectivity index (χ1) is 11.8. The Labute approximate surface area is 147 Å². The highest BCUT2D eigenvalue weighted by Crippen LogP contribution is 2.27. The van der Waals surface area contributed by atoms with Crippen LogP contribution in [0, 0.1) is 0 Å². The van der Waals surface area contributed by atoms with Gasteiger partial charge in [-0.05, 0) is 54.8 Å². The Morgan fingerprint density at radius 3 is 3.00 bits per heavy atom. The van der Waals surface area contributed by atoms with E-state index in [0.29, 0.717) is 13.1 Å². The monoisotopic (exact) mass is 343 g/mol. The minimum Gasteiger partial charge on any atom is -0.372 e. The average molecular weight is 343 g/mol.